The highest BCUT2D eigenvalue weighted by atomic mass is 16.2. The zero-order chi connectivity index (χ0) is 10.6. The van der Waals surface area contributed by atoms with Crippen LogP contribution in [0.2, 0.25) is 0 Å². The summed E-state index contributed by atoms with van der Waals surface area (Å²) in [5.41, 5.74) is 1.17. The summed E-state index contributed by atoms with van der Waals surface area (Å²) in [5, 5.41) is 3.44. The number of likely N-dealkylation sites (tertiary alicyclic amines) is 1. The lowest BCUT2D eigenvalue weighted by Gasteiger charge is -2.31. The summed E-state index contributed by atoms with van der Waals surface area (Å²) in [5.74, 6) is 0.198. The van der Waals surface area contributed by atoms with Crippen LogP contribution >= 0.6 is 0 Å². The molecule has 0 saturated carbocycles. The second-order valence-electron chi connectivity index (χ2n) is 4.12. The standard InChI is InChI=1S/C11H20N2O/c1-9(2)8-12-11-4-6-13(7-5-11)10(3)14/h11-12H,1,4-8H2,2-3H3. The van der Waals surface area contributed by atoms with Gasteiger partial charge in [-0.05, 0) is 19.8 Å². The van der Waals surface area contributed by atoms with Crippen LogP contribution in [0, 0.1) is 0 Å². The van der Waals surface area contributed by atoms with Gasteiger partial charge in [-0.2, -0.15) is 0 Å². The van der Waals surface area contributed by atoms with Crippen LogP contribution in [0.25, 0.3) is 0 Å². The average Bonchev–Trinajstić information content (AvgIpc) is 2.15. The van der Waals surface area contributed by atoms with Crippen LogP contribution in [-0.2, 0) is 4.79 Å². The molecule has 3 nitrogen and oxygen atoms in total. The van der Waals surface area contributed by atoms with E-state index in [0.717, 1.165) is 32.5 Å². The molecule has 0 unspecified atom stereocenters. The van der Waals surface area contributed by atoms with Crippen molar-refractivity contribution in [3.63, 3.8) is 0 Å². The molecule has 0 radical (unpaired) electrons. The highest BCUT2D eigenvalue weighted by Gasteiger charge is 2.19. The Balaban J connectivity index is 2.22. The van der Waals surface area contributed by atoms with E-state index in [1.807, 2.05) is 11.8 Å². The van der Waals surface area contributed by atoms with Gasteiger partial charge in [0.25, 0.3) is 0 Å². The molecule has 0 bridgehead atoms. The molecule has 0 aromatic heterocycles. The topological polar surface area (TPSA) is 32.3 Å². The number of rotatable bonds is 3. The molecule has 0 aromatic carbocycles. The van der Waals surface area contributed by atoms with Crippen molar-refractivity contribution < 1.29 is 4.79 Å². The molecule has 14 heavy (non-hydrogen) atoms. The number of piperidine rings is 1. The third kappa shape index (κ3) is 3.50. The Bertz CT molecular complexity index is 217. The highest BCUT2D eigenvalue weighted by Crippen LogP contribution is 2.10. The molecule has 1 heterocycles. The van der Waals surface area contributed by atoms with Gasteiger partial charge in [-0.1, -0.05) is 12.2 Å². The largest absolute Gasteiger partial charge is 0.343 e. The lowest BCUT2D eigenvalue weighted by atomic mass is 10.0. The second kappa shape index (κ2) is 5.15. The van der Waals surface area contributed by atoms with Gasteiger partial charge in [0.05, 0.1) is 0 Å². The average molecular weight is 196 g/mol. The van der Waals surface area contributed by atoms with Crippen LogP contribution in [0.1, 0.15) is 26.7 Å². The Morgan fingerprint density at radius 3 is 2.43 bits per heavy atom. The molecular formula is C11H20N2O. The first-order valence-corrected chi connectivity index (χ1v) is 5.23. The number of amides is 1. The zero-order valence-corrected chi connectivity index (χ0v) is 9.18. The Hall–Kier alpha value is -0.830. The van der Waals surface area contributed by atoms with Gasteiger partial charge in [-0.15, -0.1) is 0 Å². The van der Waals surface area contributed by atoms with Crippen molar-refractivity contribution in [2.45, 2.75) is 32.7 Å². The molecule has 1 amide bonds. The predicted molar refractivity (Wildman–Crippen MR) is 58.1 cm³/mol. The number of nitrogens with zero attached hydrogens (tertiary/aromatic N) is 1. The minimum Gasteiger partial charge on any atom is -0.343 e. The SMILES string of the molecule is C=C(C)CNC1CCN(C(C)=O)CC1. The Labute approximate surface area is 86.2 Å². The summed E-state index contributed by atoms with van der Waals surface area (Å²) in [6.07, 6.45) is 2.12. The molecule has 0 atom stereocenters. The molecule has 1 rings (SSSR count). The molecule has 80 valence electrons. The van der Waals surface area contributed by atoms with Crippen molar-refractivity contribution in [3.8, 4) is 0 Å². The van der Waals surface area contributed by atoms with Gasteiger partial charge in [0.2, 0.25) is 5.91 Å². The summed E-state index contributed by atoms with van der Waals surface area (Å²) < 4.78 is 0. The number of hydrogen-bond acceptors (Lipinski definition) is 2. The lowest BCUT2D eigenvalue weighted by molar-refractivity contribution is -0.129. The van der Waals surface area contributed by atoms with E-state index in [-0.39, 0.29) is 5.91 Å². The number of hydrogen-bond donors (Lipinski definition) is 1. The third-order valence-corrected chi connectivity index (χ3v) is 2.63. The number of nitrogens with one attached hydrogen (secondary N) is 1. The van der Waals surface area contributed by atoms with Gasteiger partial charge < -0.3 is 10.2 Å². The fourth-order valence-corrected chi connectivity index (χ4v) is 1.72. The Kier molecular flexibility index (Phi) is 4.14. The molecule has 1 aliphatic rings. The molecule has 0 spiro atoms. The summed E-state index contributed by atoms with van der Waals surface area (Å²) in [4.78, 5) is 13.0. The molecule has 0 aliphatic carbocycles. The maximum atomic E-state index is 11.1. The molecule has 1 fully saturated rings. The first-order valence-electron chi connectivity index (χ1n) is 5.23. The lowest BCUT2D eigenvalue weighted by Crippen LogP contribution is -2.44. The maximum Gasteiger partial charge on any atom is 0.219 e. The molecule has 1 aliphatic heterocycles. The van der Waals surface area contributed by atoms with E-state index in [1.165, 1.54) is 5.57 Å². The summed E-state index contributed by atoms with van der Waals surface area (Å²) >= 11 is 0. The molecule has 1 saturated heterocycles. The first kappa shape index (κ1) is 11.2. The van der Waals surface area contributed by atoms with Crippen LogP contribution in [0.15, 0.2) is 12.2 Å². The quantitative estimate of drug-likeness (QED) is 0.687. The summed E-state index contributed by atoms with van der Waals surface area (Å²) in [7, 11) is 0. The van der Waals surface area contributed by atoms with E-state index in [9.17, 15) is 4.79 Å². The van der Waals surface area contributed by atoms with E-state index in [4.69, 9.17) is 0 Å². The molecule has 3 heteroatoms. The zero-order valence-electron chi connectivity index (χ0n) is 9.18. The number of carbonyl (C=O) groups excluding carboxylic acids is 1. The van der Waals surface area contributed by atoms with Crippen molar-refractivity contribution in [1.29, 1.82) is 0 Å². The fraction of sp³-hybridized carbons (Fsp3) is 0.727. The van der Waals surface area contributed by atoms with Crippen molar-refractivity contribution >= 4 is 5.91 Å². The molecule has 0 aromatic rings. The number of carbonyl (C=O) groups is 1. The molecular weight excluding hydrogens is 176 g/mol. The summed E-state index contributed by atoms with van der Waals surface area (Å²) in [6.45, 7) is 10.2. The summed E-state index contributed by atoms with van der Waals surface area (Å²) in [6, 6.07) is 0.558. The van der Waals surface area contributed by atoms with E-state index in [2.05, 4.69) is 11.9 Å². The Morgan fingerprint density at radius 1 is 1.43 bits per heavy atom. The maximum absolute atomic E-state index is 11.1. The smallest absolute Gasteiger partial charge is 0.219 e. The van der Waals surface area contributed by atoms with Gasteiger partial charge >= 0.3 is 0 Å². The van der Waals surface area contributed by atoms with E-state index in [0.29, 0.717) is 6.04 Å². The Morgan fingerprint density at radius 2 is 2.00 bits per heavy atom. The van der Waals surface area contributed by atoms with Crippen LogP contribution in [0.5, 0.6) is 0 Å². The third-order valence-electron chi connectivity index (χ3n) is 2.63. The monoisotopic (exact) mass is 196 g/mol. The first-order chi connectivity index (χ1) is 6.59. The van der Waals surface area contributed by atoms with E-state index < -0.39 is 0 Å². The minimum absolute atomic E-state index is 0.198. The van der Waals surface area contributed by atoms with Crippen LogP contribution in [-0.4, -0.2) is 36.5 Å². The van der Waals surface area contributed by atoms with Gasteiger partial charge in [0.1, 0.15) is 0 Å². The van der Waals surface area contributed by atoms with Crippen LogP contribution < -0.4 is 5.32 Å². The highest BCUT2D eigenvalue weighted by molar-refractivity contribution is 5.73. The molecule has 1 N–H and O–H groups in total. The van der Waals surface area contributed by atoms with E-state index in [1.54, 1.807) is 6.92 Å². The minimum atomic E-state index is 0.198. The predicted octanol–water partition coefficient (Wildman–Crippen LogP) is 1.16. The van der Waals surface area contributed by atoms with Gasteiger partial charge in [-0.25, -0.2) is 0 Å². The fourth-order valence-electron chi connectivity index (χ4n) is 1.72. The van der Waals surface area contributed by atoms with Gasteiger partial charge in [0.15, 0.2) is 0 Å². The van der Waals surface area contributed by atoms with Crippen LogP contribution in [0.4, 0.5) is 0 Å². The van der Waals surface area contributed by atoms with Crippen molar-refractivity contribution in [1.82, 2.24) is 10.2 Å². The van der Waals surface area contributed by atoms with Gasteiger partial charge in [-0.3, -0.25) is 4.79 Å². The van der Waals surface area contributed by atoms with Crippen LogP contribution in [0.3, 0.4) is 0 Å². The second-order valence-corrected chi connectivity index (χ2v) is 4.12. The van der Waals surface area contributed by atoms with Crippen molar-refractivity contribution in [2.75, 3.05) is 19.6 Å². The normalized spacial score (nSPS) is 18.3. The van der Waals surface area contributed by atoms with Gasteiger partial charge in [0, 0.05) is 32.6 Å². The van der Waals surface area contributed by atoms with Crippen molar-refractivity contribution in [3.05, 3.63) is 12.2 Å². The van der Waals surface area contributed by atoms with Crippen molar-refractivity contribution in [2.24, 2.45) is 0 Å². The van der Waals surface area contributed by atoms with E-state index >= 15 is 0 Å².